The molecule has 4 rings (SSSR count). The van der Waals surface area contributed by atoms with E-state index < -0.39 is 5.97 Å². The van der Waals surface area contributed by atoms with E-state index in [1.54, 1.807) is 36.2 Å². The molecule has 0 aliphatic carbocycles. The third-order valence-corrected chi connectivity index (χ3v) is 6.24. The number of esters is 1. The molecule has 2 saturated heterocycles. The zero-order valence-corrected chi connectivity index (χ0v) is 17.8. The molecule has 2 aliphatic rings. The summed E-state index contributed by atoms with van der Waals surface area (Å²) in [6, 6.07) is 15.1. The van der Waals surface area contributed by atoms with Crippen molar-refractivity contribution in [2.75, 3.05) is 32.1 Å². The van der Waals surface area contributed by atoms with Gasteiger partial charge >= 0.3 is 5.97 Å². The number of methoxy groups -OCH3 is 1. The molecule has 1 amide bonds. The van der Waals surface area contributed by atoms with Crippen LogP contribution < -0.4 is 4.90 Å². The molecule has 0 radical (unpaired) electrons. The summed E-state index contributed by atoms with van der Waals surface area (Å²) >= 11 is 1.35. The second kappa shape index (κ2) is 8.75. The van der Waals surface area contributed by atoms with Crippen LogP contribution in [0.2, 0.25) is 0 Å². The van der Waals surface area contributed by atoms with Gasteiger partial charge in [-0.25, -0.2) is 9.79 Å². The van der Waals surface area contributed by atoms with Gasteiger partial charge in [0.05, 0.1) is 23.3 Å². The van der Waals surface area contributed by atoms with E-state index >= 15 is 0 Å². The lowest BCUT2D eigenvalue weighted by atomic mass is 10.2. The van der Waals surface area contributed by atoms with Crippen LogP contribution in [0, 0.1) is 0 Å². The molecule has 2 aromatic rings. The molecule has 0 aromatic heterocycles. The molecule has 0 spiro atoms. The van der Waals surface area contributed by atoms with E-state index in [0.29, 0.717) is 21.3 Å². The van der Waals surface area contributed by atoms with Crippen molar-refractivity contribution in [3.05, 3.63) is 64.6 Å². The summed E-state index contributed by atoms with van der Waals surface area (Å²) in [6.07, 6.45) is 4.40. The number of hydrogen-bond donors (Lipinski definition) is 0. The van der Waals surface area contributed by atoms with Crippen LogP contribution in [0.5, 0.6) is 0 Å². The number of nitrogens with zero attached hydrogens (tertiary/aromatic N) is 3. The maximum Gasteiger partial charge on any atom is 0.337 e. The molecule has 0 unspecified atom stereocenters. The summed E-state index contributed by atoms with van der Waals surface area (Å²) in [5.74, 6) is -0.466. The van der Waals surface area contributed by atoms with Crippen LogP contribution in [0.15, 0.2) is 58.4 Å². The second-order valence-electron chi connectivity index (χ2n) is 7.19. The fourth-order valence-corrected chi connectivity index (χ4v) is 4.45. The molecule has 6 nitrogen and oxygen atoms in total. The number of amidine groups is 1. The van der Waals surface area contributed by atoms with Crippen molar-refractivity contribution in [3.63, 3.8) is 0 Å². The monoisotopic (exact) mass is 421 g/mol. The summed E-state index contributed by atoms with van der Waals surface area (Å²) in [7, 11) is 3.06. The lowest BCUT2D eigenvalue weighted by Crippen LogP contribution is -2.23. The maximum absolute atomic E-state index is 12.7. The Hall–Kier alpha value is -3.06. The van der Waals surface area contributed by atoms with E-state index in [4.69, 9.17) is 4.74 Å². The molecule has 2 fully saturated rings. The van der Waals surface area contributed by atoms with Crippen molar-refractivity contribution in [2.45, 2.75) is 12.8 Å². The summed E-state index contributed by atoms with van der Waals surface area (Å²) in [6.45, 7) is 2.22. The highest BCUT2D eigenvalue weighted by Crippen LogP contribution is 2.33. The highest BCUT2D eigenvalue weighted by molar-refractivity contribution is 8.18. The highest BCUT2D eigenvalue weighted by Gasteiger charge is 2.30. The third kappa shape index (κ3) is 4.26. The second-order valence-corrected chi connectivity index (χ2v) is 8.20. The first-order valence-electron chi connectivity index (χ1n) is 9.85. The Morgan fingerprint density at radius 2 is 1.73 bits per heavy atom. The van der Waals surface area contributed by atoms with E-state index in [1.165, 1.54) is 37.4 Å². The number of anilines is 1. The smallest absolute Gasteiger partial charge is 0.337 e. The SMILES string of the molecule is COC(=O)c1ccc(N=C2S/C(=C\c3ccc(N4CCCC4)cc3)C(=O)N2C)cc1. The lowest BCUT2D eigenvalue weighted by molar-refractivity contribution is -0.121. The van der Waals surface area contributed by atoms with Gasteiger partial charge in [0.25, 0.3) is 5.91 Å². The number of amides is 1. The van der Waals surface area contributed by atoms with Crippen molar-refractivity contribution in [1.82, 2.24) is 4.90 Å². The number of aliphatic imine (C=N–C) groups is 1. The summed E-state index contributed by atoms with van der Waals surface area (Å²) in [4.78, 5) is 33.3. The molecule has 0 saturated carbocycles. The Kier molecular flexibility index (Phi) is 5.90. The number of ether oxygens (including phenoxy) is 1. The zero-order valence-electron chi connectivity index (χ0n) is 17.0. The standard InChI is InChI=1S/C23H23N3O3S/c1-25-21(27)20(15-16-5-11-19(12-6-16)26-13-3-4-14-26)30-23(25)24-18-9-7-17(8-10-18)22(28)29-2/h5-12,15H,3-4,13-14H2,1-2H3/b20-15-,24-23?. The Bertz CT molecular complexity index is 1010. The van der Waals surface area contributed by atoms with Crippen molar-refractivity contribution >= 4 is 46.3 Å². The fourth-order valence-electron chi connectivity index (χ4n) is 3.46. The predicted octanol–water partition coefficient (Wildman–Crippen LogP) is 4.31. The normalized spacial score (nSPS) is 19.2. The Balaban J connectivity index is 1.50. The Labute approximate surface area is 180 Å². The quantitative estimate of drug-likeness (QED) is 0.544. The molecular weight excluding hydrogens is 398 g/mol. The first-order valence-corrected chi connectivity index (χ1v) is 10.7. The Morgan fingerprint density at radius 1 is 1.07 bits per heavy atom. The molecule has 30 heavy (non-hydrogen) atoms. The molecule has 0 bridgehead atoms. The van der Waals surface area contributed by atoms with Gasteiger partial charge in [-0.2, -0.15) is 0 Å². The van der Waals surface area contributed by atoms with Crippen LogP contribution in [0.1, 0.15) is 28.8 Å². The topological polar surface area (TPSA) is 62.2 Å². The lowest BCUT2D eigenvalue weighted by Gasteiger charge is -2.17. The number of thioether (sulfide) groups is 1. The number of hydrogen-bond acceptors (Lipinski definition) is 6. The highest BCUT2D eigenvalue weighted by atomic mass is 32.2. The van der Waals surface area contributed by atoms with Gasteiger partial charge in [0.1, 0.15) is 0 Å². The number of rotatable bonds is 4. The van der Waals surface area contributed by atoms with Crippen molar-refractivity contribution in [3.8, 4) is 0 Å². The largest absolute Gasteiger partial charge is 0.465 e. The summed E-state index contributed by atoms with van der Waals surface area (Å²) in [5.41, 5.74) is 3.35. The minimum Gasteiger partial charge on any atom is -0.465 e. The van der Waals surface area contributed by atoms with E-state index in [-0.39, 0.29) is 5.91 Å². The number of carbonyl (C=O) groups is 2. The number of carbonyl (C=O) groups excluding carboxylic acids is 2. The average Bonchev–Trinajstić information content (AvgIpc) is 3.40. The van der Waals surface area contributed by atoms with Crippen LogP contribution >= 0.6 is 11.8 Å². The van der Waals surface area contributed by atoms with Crippen LogP contribution in [0.4, 0.5) is 11.4 Å². The summed E-state index contributed by atoms with van der Waals surface area (Å²) < 4.78 is 4.71. The van der Waals surface area contributed by atoms with Gasteiger partial charge in [-0.1, -0.05) is 12.1 Å². The Morgan fingerprint density at radius 3 is 2.37 bits per heavy atom. The van der Waals surface area contributed by atoms with Gasteiger partial charge in [0.2, 0.25) is 0 Å². The molecule has 2 aromatic carbocycles. The van der Waals surface area contributed by atoms with E-state index in [2.05, 4.69) is 34.2 Å². The van der Waals surface area contributed by atoms with Gasteiger partial charge in [0, 0.05) is 25.8 Å². The van der Waals surface area contributed by atoms with Gasteiger partial charge in [-0.3, -0.25) is 9.69 Å². The predicted molar refractivity (Wildman–Crippen MR) is 121 cm³/mol. The van der Waals surface area contributed by atoms with Gasteiger partial charge in [-0.05, 0) is 72.6 Å². The molecule has 2 heterocycles. The van der Waals surface area contributed by atoms with Crippen LogP contribution in [0.25, 0.3) is 6.08 Å². The van der Waals surface area contributed by atoms with E-state index in [0.717, 1.165) is 18.7 Å². The summed E-state index contributed by atoms with van der Waals surface area (Å²) in [5, 5.41) is 0.603. The van der Waals surface area contributed by atoms with Gasteiger partial charge in [-0.15, -0.1) is 0 Å². The first kappa shape index (κ1) is 20.2. The minimum atomic E-state index is -0.391. The fraction of sp³-hybridized carbons (Fsp3) is 0.261. The number of benzene rings is 2. The number of likely N-dealkylation sites (N-methyl/N-ethyl adjacent to an activating group) is 1. The molecule has 7 heteroatoms. The molecule has 0 N–H and O–H groups in total. The van der Waals surface area contributed by atoms with Gasteiger partial charge < -0.3 is 9.64 Å². The molecular formula is C23H23N3O3S. The average molecular weight is 422 g/mol. The molecule has 0 atom stereocenters. The van der Waals surface area contributed by atoms with Crippen LogP contribution in [-0.2, 0) is 9.53 Å². The van der Waals surface area contributed by atoms with Crippen LogP contribution in [-0.4, -0.2) is 49.2 Å². The van der Waals surface area contributed by atoms with Crippen molar-refractivity contribution in [2.24, 2.45) is 4.99 Å². The zero-order chi connectivity index (χ0) is 21.1. The van der Waals surface area contributed by atoms with Crippen molar-refractivity contribution in [1.29, 1.82) is 0 Å². The molecule has 154 valence electrons. The first-order chi connectivity index (χ1) is 14.5. The van der Waals surface area contributed by atoms with E-state index in [1.807, 2.05) is 6.08 Å². The van der Waals surface area contributed by atoms with Crippen LogP contribution in [0.3, 0.4) is 0 Å². The maximum atomic E-state index is 12.7. The van der Waals surface area contributed by atoms with Crippen molar-refractivity contribution < 1.29 is 14.3 Å². The minimum absolute atomic E-state index is 0.0754. The van der Waals surface area contributed by atoms with Gasteiger partial charge in [0.15, 0.2) is 5.17 Å². The molecule has 2 aliphatic heterocycles. The third-order valence-electron chi connectivity index (χ3n) is 5.18. The van der Waals surface area contributed by atoms with E-state index in [9.17, 15) is 9.59 Å².